The number of hydrogen-bond donors (Lipinski definition) is 0. The summed E-state index contributed by atoms with van der Waals surface area (Å²) in [4.78, 5) is 0. The third kappa shape index (κ3) is 5.63. The van der Waals surface area contributed by atoms with Gasteiger partial charge in [0.15, 0.2) is 0 Å². The highest BCUT2D eigenvalue weighted by atomic mass is 16.5. The number of ether oxygens (including phenoxy) is 2. The van der Waals surface area contributed by atoms with E-state index in [1.807, 2.05) is 24.3 Å². The molecule has 2 heteroatoms. The highest BCUT2D eigenvalue weighted by Crippen LogP contribution is 2.19. The fourth-order valence-electron chi connectivity index (χ4n) is 2.64. The van der Waals surface area contributed by atoms with E-state index in [0.717, 1.165) is 30.8 Å². The van der Waals surface area contributed by atoms with Crippen LogP contribution in [0.5, 0.6) is 11.5 Å². The van der Waals surface area contributed by atoms with Crippen LogP contribution in [0.3, 0.4) is 0 Å². The van der Waals surface area contributed by atoms with E-state index < -0.39 is 0 Å². The van der Waals surface area contributed by atoms with E-state index in [-0.39, 0.29) is 12.2 Å². The average molecular weight is 312 g/mol. The van der Waals surface area contributed by atoms with Gasteiger partial charge >= 0.3 is 0 Å². The second kappa shape index (κ2) is 8.61. The van der Waals surface area contributed by atoms with E-state index in [9.17, 15) is 0 Å². The van der Waals surface area contributed by atoms with Gasteiger partial charge in [0, 0.05) is 6.42 Å². The lowest BCUT2D eigenvalue weighted by molar-refractivity contribution is 0.131. The molecule has 0 aliphatic carbocycles. The SMILES string of the molecule is CCc1ccc(O[C@@H](C)C[C@H](C)Oc2ccc(CC)cc2)cc1. The van der Waals surface area contributed by atoms with Crippen LogP contribution in [-0.4, -0.2) is 12.2 Å². The molecule has 2 rings (SSSR count). The second-order valence-corrected chi connectivity index (χ2v) is 6.09. The Kier molecular flexibility index (Phi) is 6.52. The number of aryl methyl sites for hydroxylation is 2. The first-order valence-corrected chi connectivity index (χ1v) is 8.61. The van der Waals surface area contributed by atoms with Crippen molar-refractivity contribution in [3.8, 4) is 11.5 Å². The number of rotatable bonds is 8. The van der Waals surface area contributed by atoms with Crippen LogP contribution in [0, 0.1) is 0 Å². The molecule has 124 valence electrons. The summed E-state index contributed by atoms with van der Waals surface area (Å²) in [6.07, 6.45) is 3.19. The van der Waals surface area contributed by atoms with E-state index in [4.69, 9.17) is 9.47 Å². The molecule has 0 amide bonds. The maximum Gasteiger partial charge on any atom is 0.119 e. The molecular formula is C21H28O2. The van der Waals surface area contributed by atoms with Crippen LogP contribution in [0.4, 0.5) is 0 Å². The molecule has 0 fully saturated rings. The summed E-state index contributed by atoms with van der Waals surface area (Å²) < 4.78 is 12.0. The van der Waals surface area contributed by atoms with Crippen molar-refractivity contribution in [2.45, 2.75) is 59.2 Å². The maximum absolute atomic E-state index is 5.98. The van der Waals surface area contributed by atoms with Gasteiger partial charge in [-0.15, -0.1) is 0 Å². The van der Waals surface area contributed by atoms with Crippen molar-refractivity contribution in [1.82, 2.24) is 0 Å². The highest BCUT2D eigenvalue weighted by Gasteiger charge is 2.12. The Labute approximate surface area is 140 Å². The van der Waals surface area contributed by atoms with Crippen molar-refractivity contribution < 1.29 is 9.47 Å². The molecule has 0 saturated carbocycles. The molecule has 0 radical (unpaired) electrons. The molecule has 0 spiro atoms. The summed E-state index contributed by atoms with van der Waals surface area (Å²) in [5.74, 6) is 1.85. The van der Waals surface area contributed by atoms with E-state index in [1.165, 1.54) is 11.1 Å². The Bertz CT molecular complexity index is 518. The van der Waals surface area contributed by atoms with Crippen molar-refractivity contribution in [3.05, 3.63) is 59.7 Å². The number of hydrogen-bond acceptors (Lipinski definition) is 2. The third-order valence-electron chi connectivity index (χ3n) is 4.00. The van der Waals surface area contributed by atoms with E-state index >= 15 is 0 Å². The molecule has 0 aliphatic heterocycles. The Balaban J connectivity index is 1.82. The fraction of sp³-hybridized carbons (Fsp3) is 0.429. The molecule has 0 saturated heterocycles. The van der Waals surface area contributed by atoms with Crippen molar-refractivity contribution in [2.24, 2.45) is 0 Å². The number of benzene rings is 2. The van der Waals surface area contributed by atoms with Crippen LogP contribution < -0.4 is 9.47 Å². The average Bonchev–Trinajstić information content (AvgIpc) is 2.56. The minimum absolute atomic E-state index is 0.118. The Morgan fingerprint density at radius 3 is 1.30 bits per heavy atom. The van der Waals surface area contributed by atoms with Crippen LogP contribution >= 0.6 is 0 Å². The van der Waals surface area contributed by atoms with Gasteiger partial charge in [-0.1, -0.05) is 38.1 Å². The van der Waals surface area contributed by atoms with Gasteiger partial charge in [-0.3, -0.25) is 0 Å². The monoisotopic (exact) mass is 312 g/mol. The van der Waals surface area contributed by atoms with Gasteiger partial charge in [-0.05, 0) is 62.1 Å². The second-order valence-electron chi connectivity index (χ2n) is 6.09. The summed E-state index contributed by atoms with van der Waals surface area (Å²) in [6, 6.07) is 16.7. The van der Waals surface area contributed by atoms with Gasteiger partial charge in [0.05, 0.1) is 12.2 Å². The van der Waals surface area contributed by atoms with Crippen LogP contribution in [-0.2, 0) is 12.8 Å². The van der Waals surface area contributed by atoms with Gasteiger partial charge in [-0.25, -0.2) is 0 Å². The summed E-state index contributed by atoms with van der Waals surface area (Å²) in [6.45, 7) is 8.50. The van der Waals surface area contributed by atoms with E-state index in [0.29, 0.717) is 0 Å². The fourth-order valence-corrected chi connectivity index (χ4v) is 2.64. The molecule has 0 bridgehead atoms. The zero-order valence-electron chi connectivity index (χ0n) is 14.7. The topological polar surface area (TPSA) is 18.5 Å². The van der Waals surface area contributed by atoms with Crippen molar-refractivity contribution in [1.29, 1.82) is 0 Å². The summed E-state index contributed by atoms with van der Waals surface area (Å²) in [7, 11) is 0. The van der Waals surface area contributed by atoms with Crippen molar-refractivity contribution in [3.63, 3.8) is 0 Å². The maximum atomic E-state index is 5.98. The van der Waals surface area contributed by atoms with Crippen molar-refractivity contribution in [2.75, 3.05) is 0 Å². The minimum atomic E-state index is 0.118. The Hall–Kier alpha value is -1.96. The first-order valence-electron chi connectivity index (χ1n) is 8.61. The predicted molar refractivity (Wildman–Crippen MR) is 96.4 cm³/mol. The third-order valence-corrected chi connectivity index (χ3v) is 4.00. The zero-order valence-corrected chi connectivity index (χ0v) is 14.7. The van der Waals surface area contributed by atoms with Gasteiger partial charge in [0.25, 0.3) is 0 Å². The van der Waals surface area contributed by atoms with E-state index in [2.05, 4.69) is 52.0 Å². The first-order chi connectivity index (χ1) is 11.1. The van der Waals surface area contributed by atoms with Gasteiger partial charge in [0.1, 0.15) is 11.5 Å². The minimum Gasteiger partial charge on any atom is -0.491 e. The summed E-state index contributed by atoms with van der Waals surface area (Å²) in [5.41, 5.74) is 2.66. The largest absolute Gasteiger partial charge is 0.491 e. The van der Waals surface area contributed by atoms with Crippen LogP contribution in [0.1, 0.15) is 45.2 Å². The lowest BCUT2D eigenvalue weighted by Gasteiger charge is -2.20. The lowest BCUT2D eigenvalue weighted by atomic mass is 10.1. The zero-order chi connectivity index (χ0) is 16.7. The molecule has 0 unspecified atom stereocenters. The molecule has 2 nitrogen and oxygen atoms in total. The molecule has 0 heterocycles. The Morgan fingerprint density at radius 1 is 0.652 bits per heavy atom. The molecule has 0 aliphatic rings. The van der Waals surface area contributed by atoms with Crippen molar-refractivity contribution >= 4 is 0 Å². The van der Waals surface area contributed by atoms with Gasteiger partial charge in [0.2, 0.25) is 0 Å². The molecule has 2 aromatic carbocycles. The molecule has 0 N–H and O–H groups in total. The van der Waals surface area contributed by atoms with Crippen LogP contribution in [0.2, 0.25) is 0 Å². The molecule has 0 aromatic heterocycles. The van der Waals surface area contributed by atoms with Gasteiger partial charge < -0.3 is 9.47 Å². The smallest absolute Gasteiger partial charge is 0.119 e. The highest BCUT2D eigenvalue weighted by molar-refractivity contribution is 5.28. The Morgan fingerprint density at radius 2 is 1.00 bits per heavy atom. The van der Waals surface area contributed by atoms with Crippen LogP contribution in [0.15, 0.2) is 48.5 Å². The molecule has 23 heavy (non-hydrogen) atoms. The predicted octanol–water partition coefficient (Wildman–Crippen LogP) is 5.44. The quantitative estimate of drug-likeness (QED) is 0.646. The van der Waals surface area contributed by atoms with E-state index in [1.54, 1.807) is 0 Å². The summed E-state index contributed by atoms with van der Waals surface area (Å²) >= 11 is 0. The lowest BCUT2D eigenvalue weighted by Crippen LogP contribution is -2.22. The molecule has 2 atom stereocenters. The van der Waals surface area contributed by atoms with Gasteiger partial charge in [-0.2, -0.15) is 0 Å². The molecule has 2 aromatic rings. The standard InChI is InChI=1S/C21H28O2/c1-5-18-7-11-20(12-8-18)22-16(3)15-17(4)23-21-13-9-19(6-2)10-14-21/h7-14,16-17H,5-6,15H2,1-4H3/t16-,17-/m0/s1. The summed E-state index contributed by atoms with van der Waals surface area (Å²) in [5, 5.41) is 0. The van der Waals surface area contributed by atoms with Crippen LogP contribution in [0.25, 0.3) is 0 Å². The first kappa shape index (κ1) is 17.4. The molecular weight excluding hydrogens is 284 g/mol. The normalized spacial score (nSPS) is 13.4.